The molecule has 0 spiro atoms. The maximum atomic E-state index is 12.3. The molecule has 24 heavy (non-hydrogen) atoms. The molecule has 3 heteroatoms. The highest BCUT2D eigenvalue weighted by Crippen LogP contribution is 2.18. The van der Waals surface area contributed by atoms with E-state index in [1.807, 2.05) is 41.3 Å². The summed E-state index contributed by atoms with van der Waals surface area (Å²) in [5.74, 6) is 0.430. The van der Waals surface area contributed by atoms with Gasteiger partial charge in [0.2, 0.25) is 5.91 Å². The van der Waals surface area contributed by atoms with E-state index in [1.165, 1.54) is 6.42 Å². The predicted molar refractivity (Wildman–Crippen MR) is 97.2 cm³/mol. The minimum atomic E-state index is 0.172. The maximum absolute atomic E-state index is 12.3. The molecule has 1 saturated heterocycles. The second-order valence-corrected chi connectivity index (χ2v) is 6.63. The Morgan fingerprint density at radius 2 is 1.54 bits per heavy atom. The molecule has 1 aliphatic heterocycles. The zero-order chi connectivity index (χ0) is 16.8. The van der Waals surface area contributed by atoms with Crippen LogP contribution in [-0.2, 0) is 4.79 Å². The number of nitrogens with zero attached hydrogens (tertiary/aromatic N) is 1. The Hall–Kier alpha value is -2.16. The summed E-state index contributed by atoms with van der Waals surface area (Å²) in [7, 11) is 0. The van der Waals surface area contributed by atoms with E-state index in [4.69, 9.17) is 0 Å². The third kappa shape index (κ3) is 4.22. The molecule has 2 aromatic carbocycles. The summed E-state index contributed by atoms with van der Waals surface area (Å²) in [6, 6.07) is 14.0. The molecular weight excluding hydrogens is 298 g/mol. The number of Topliss-reactive ketones (excluding diaryl/α,β-unsaturated/α-hetero) is 1. The summed E-state index contributed by atoms with van der Waals surface area (Å²) in [5, 5.41) is 2.25. The van der Waals surface area contributed by atoms with Crippen LogP contribution < -0.4 is 0 Å². The van der Waals surface area contributed by atoms with Crippen molar-refractivity contribution >= 4 is 22.5 Å². The van der Waals surface area contributed by atoms with Crippen LogP contribution >= 0.6 is 0 Å². The summed E-state index contributed by atoms with van der Waals surface area (Å²) < 4.78 is 0. The lowest BCUT2D eigenvalue weighted by molar-refractivity contribution is -0.132. The fraction of sp³-hybridized carbons (Fsp3) is 0.429. The first-order chi connectivity index (χ1) is 11.7. The molecule has 0 radical (unpaired) electrons. The number of carbonyl (C=O) groups is 2. The van der Waals surface area contributed by atoms with Gasteiger partial charge in [0.05, 0.1) is 0 Å². The standard InChI is InChI=1S/C21H25NO2/c23-20(19-13-12-17-8-2-3-9-18(17)16-19)10-4-5-11-21(24)22-14-6-1-7-15-22/h2-3,8-9,12-13,16H,1,4-7,10-11,14-15H2. The lowest BCUT2D eigenvalue weighted by Crippen LogP contribution is -2.35. The number of ketones is 1. The highest BCUT2D eigenvalue weighted by Gasteiger charge is 2.16. The molecule has 1 aliphatic rings. The molecule has 1 fully saturated rings. The average Bonchev–Trinajstić information content (AvgIpc) is 2.65. The SMILES string of the molecule is O=C(CCCCC(=O)N1CCCCC1)c1ccc2ccccc2c1. The fourth-order valence-electron chi connectivity index (χ4n) is 3.37. The van der Waals surface area contributed by atoms with Gasteiger partial charge in [-0.2, -0.15) is 0 Å². The van der Waals surface area contributed by atoms with E-state index >= 15 is 0 Å². The third-order valence-corrected chi connectivity index (χ3v) is 4.82. The molecule has 0 saturated carbocycles. The number of piperidine rings is 1. The summed E-state index contributed by atoms with van der Waals surface area (Å²) >= 11 is 0. The number of benzene rings is 2. The van der Waals surface area contributed by atoms with Gasteiger partial charge in [0, 0.05) is 31.5 Å². The average molecular weight is 323 g/mol. The molecule has 1 heterocycles. The summed E-state index contributed by atoms with van der Waals surface area (Å²) in [5.41, 5.74) is 0.774. The van der Waals surface area contributed by atoms with Crippen molar-refractivity contribution in [2.45, 2.75) is 44.9 Å². The Morgan fingerprint density at radius 1 is 0.833 bits per heavy atom. The van der Waals surface area contributed by atoms with Gasteiger partial charge in [0.25, 0.3) is 0 Å². The normalized spacial score (nSPS) is 14.8. The van der Waals surface area contributed by atoms with E-state index in [2.05, 4.69) is 6.07 Å². The Morgan fingerprint density at radius 3 is 2.33 bits per heavy atom. The molecule has 0 aromatic heterocycles. The molecule has 126 valence electrons. The van der Waals surface area contributed by atoms with Gasteiger partial charge < -0.3 is 4.90 Å². The fourth-order valence-corrected chi connectivity index (χ4v) is 3.37. The number of unbranched alkanes of at least 4 members (excludes halogenated alkanes) is 1. The van der Waals surface area contributed by atoms with Gasteiger partial charge in [-0.05, 0) is 48.9 Å². The molecule has 0 atom stereocenters. The van der Waals surface area contributed by atoms with Gasteiger partial charge in [-0.15, -0.1) is 0 Å². The second-order valence-electron chi connectivity index (χ2n) is 6.63. The highest BCUT2D eigenvalue weighted by atomic mass is 16.2. The van der Waals surface area contributed by atoms with Crippen molar-refractivity contribution in [3.63, 3.8) is 0 Å². The molecule has 0 N–H and O–H groups in total. The van der Waals surface area contributed by atoms with Crippen LogP contribution in [0, 0.1) is 0 Å². The molecule has 3 rings (SSSR count). The van der Waals surface area contributed by atoms with E-state index in [-0.39, 0.29) is 11.7 Å². The zero-order valence-electron chi connectivity index (χ0n) is 14.2. The summed E-state index contributed by atoms with van der Waals surface area (Å²) in [4.78, 5) is 26.4. The summed E-state index contributed by atoms with van der Waals surface area (Å²) in [6.07, 6.45) is 6.18. The van der Waals surface area contributed by atoms with E-state index in [9.17, 15) is 9.59 Å². The Labute approximate surface area is 143 Å². The second kappa shape index (κ2) is 8.09. The number of fused-ring (bicyclic) bond motifs is 1. The number of hydrogen-bond donors (Lipinski definition) is 0. The molecule has 2 aromatic rings. The van der Waals surface area contributed by atoms with Crippen LogP contribution in [0.4, 0.5) is 0 Å². The Kier molecular flexibility index (Phi) is 5.63. The first-order valence-corrected chi connectivity index (χ1v) is 9.04. The highest BCUT2D eigenvalue weighted by molar-refractivity contribution is 5.99. The van der Waals surface area contributed by atoms with E-state index in [1.54, 1.807) is 0 Å². The minimum absolute atomic E-state index is 0.172. The van der Waals surface area contributed by atoms with Gasteiger partial charge in [-0.25, -0.2) is 0 Å². The molecule has 0 bridgehead atoms. The zero-order valence-corrected chi connectivity index (χ0v) is 14.2. The van der Waals surface area contributed by atoms with Crippen LogP contribution in [0.5, 0.6) is 0 Å². The monoisotopic (exact) mass is 323 g/mol. The van der Waals surface area contributed by atoms with Crippen molar-refractivity contribution in [1.29, 1.82) is 0 Å². The van der Waals surface area contributed by atoms with Crippen molar-refractivity contribution in [1.82, 2.24) is 4.90 Å². The number of likely N-dealkylation sites (tertiary alicyclic amines) is 1. The van der Waals surface area contributed by atoms with Crippen molar-refractivity contribution < 1.29 is 9.59 Å². The van der Waals surface area contributed by atoms with Crippen LogP contribution in [0.1, 0.15) is 55.3 Å². The van der Waals surface area contributed by atoms with E-state index in [0.29, 0.717) is 12.8 Å². The smallest absolute Gasteiger partial charge is 0.222 e. The van der Waals surface area contributed by atoms with Crippen LogP contribution in [-0.4, -0.2) is 29.7 Å². The van der Waals surface area contributed by atoms with Crippen molar-refractivity contribution in [3.8, 4) is 0 Å². The van der Waals surface area contributed by atoms with Gasteiger partial charge in [-0.3, -0.25) is 9.59 Å². The van der Waals surface area contributed by atoms with Crippen LogP contribution in [0.3, 0.4) is 0 Å². The van der Waals surface area contributed by atoms with Crippen molar-refractivity contribution in [3.05, 3.63) is 48.0 Å². The number of carbonyl (C=O) groups excluding carboxylic acids is 2. The number of amides is 1. The topological polar surface area (TPSA) is 37.4 Å². The first-order valence-electron chi connectivity index (χ1n) is 9.04. The number of rotatable bonds is 6. The van der Waals surface area contributed by atoms with Crippen molar-refractivity contribution in [2.24, 2.45) is 0 Å². The lowest BCUT2D eigenvalue weighted by Gasteiger charge is -2.26. The largest absolute Gasteiger partial charge is 0.343 e. The summed E-state index contributed by atoms with van der Waals surface area (Å²) in [6.45, 7) is 1.82. The number of hydrogen-bond acceptors (Lipinski definition) is 2. The van der Waals surface area contributed by atoms with Gasteiger partial charge >= 0.3 is 0 Å². The van der Waals surface area contributed by atoms with E-state index < -0.39 is 0 Å². The minimum Gasteiger partial charge on any atom is -0.343 e. The van der Waals surface area contributed by atoms with Gasteiger partial charge in [0.15, 0.2) is 5.78 Å². The first kappa shape index (κ1) is 16.7. The predicted octanol–water partition coefficient (Wildman–Crippen LogP) is 4.60. The van der Waals surface area contributed by atoms with E-state index in [0.717, 1.165) is 55.1 Å². The van der Waals surface area contributed by atoms with Gasteiger partial charge in [-0.1, -0.05) is 36.4 Å². The van der Waals surface area contributed by atoms with Crippen LogP contribution in [0.25, 0.3) is 10.8 Å². The van der Waals surface area contributed by atoms with Crippen LogP contribution in [0.2, 0.25) is 0 Å². The van der Waals surface area contributed by atoms with Crippen molar-refractivity contribution in [2.75, 3.05) is 13.1 Å². The molecule has 0 aliphatic carbocycles. The third-order valence-electron chi connectivity index (χ3n) is 4.82. The molecular formula is C21H25NO2. The molecule has 0 unspecified atom stereocenters. The van der Waals surface area contributed by atoms with Crippen LogP contribution in [0.15, 0.2) is 42.5 Å². The lowest BCUT2D eigenvalue weighted by atomic mass is 10.0. The Bertz CT molecular complexity index is 717. The maximum Gasteiger partial charge on any atom is 0.222 e. The molecule has 3 nitrogen and oxygen atoms in total. The Balaban J connectivity index is 1.45. The van der Waals surface area contributed by atoms with Gasteiger partial charge in [0.1, 0.15) is 0 Å². The molecule has 1 amide bonds. The quantitative estimate of drug-likeness (QED) is 0.576.